The Morgan fingerprint density at radius 1 is 1.16 bits per heavy atom. The number of hydrogen-bond donors (Lipinski definition) is 2. The van der Waals surface area contributed by atoms with Crippen LogP contribution < -0.4 is 9.47 Å². The van der Waals surface area contributed by atoms with Gasteiger partial charge in [-0.3, -0.25) is 9.59 Å². The van der Waals surface area contributed by atoms with Gasteiger partial charge in [0.15, 0.2) is 11.5 Å². The molecule has 0 radical (unpaired) electrons. The van der Waals surface area contributed by atoms with E-state index in [-0.39, 0.29) is 18.4 Å². The van der Waals surface area contributed by atoms with Gasteiger partial charge in [-0.25, -0.2) is 0 Å². The lowest BCUT2D eigenvalue weighted by Crippen LogP contribution is -2.30. The second kappa shape index (κ2) is 6.88. The molecule has 2 aromatic rings. The Balaban J connectivity index is 1.95. The van der Waals surface area contributed by atoms with Gasteiger partial charge in [0.25, 0.3) is 5.91 Å². The lowest BCUT2D eigenvalue weighted by molar-refractivity contribution is -0.141. The number of aromatic amines is 1. The molecular weight excluding hydrogens is 324 g/mol. The van der Waals surface area contributed by atoms with Gasteiger partial charge in [-0.15, -0.1) is 0 Å². The normalized spacial score (nSPS) is 19.7. The van der Waals surface area contributed by atoms with Crippen LogP contribution in [-0.4, -0.2) is 54.2 Å². The Morgan fingerprint density at radius 2 is 1.96 bits per heavy atom. The number of benzene rings is 1. The first kappa shape index (κ1) is 16.9. The van der Waals surface area contributed by atoms with Crippen LogP contribution in [0.15, 0.2) is 36.5 Å². The van der Waals surface area contributed by atoms with E-state index >= 15 is 0 Å². The summed E-state index contributed by atoms with van der Waals surface area (Å²) >= 11 is 0. The van der Waals surface area contributed by atoms with E-state index in [1.54, 1.807) is 35.4 Å². The fourth-order valence-electron chi connectivity index (χ4n) is 3.37. The molecule has 7 heteroatoms. The standard InChI is InChI=1S/C18H20N2O5/c1-24-15-7-3-5-11(16(15)25-2)12-9-20(10-13(12)18(22)23)17(21)14-6-4-8-19-14/h3-8,12-13,19H,9-10H2,1-2H3,(H,22,23). The molecule has 2 N–H and O–H groups in total. The highest BCUT2D eigenvalue weighted by Gasteiger charge is 2.42. The topological polar surface area (TPSA) is 91.9 Å². The van der Waals surface area contributed by atoms with Gasteiger partial charge in [0.2, 0.25) is 0 Å². The molecule has 1 fully saturated rings. The highest BCUT2D eigenvalue weighted by Crippen LogP contribution is 2.42. The van der Waals surface area contributed by atoms with E-state index < -0.39 is 11.9 Å². The Bertz CT molecular complexity index is 772. The number of ether oxygens (including phenoxy) is 2. The van der Waals surface area contributed by atoms with E-state index in [4.69, 9.17) is 9.47 Å². The number of aliphatic carboxylic acids is 1. The number of carbonyl (C=O) groups is 2. The molecule has 25 heavy (non-hydrogen) atoms. The van der Waals surface area contributed by atoms with Gasteiger partial charge < -0.3 is 24.5 Å². The predicted molar refractivity (Wildman–Crippen MR) is 90.1 cm³/mol. The summed E-state index contributed by atoms with van der Waals surface area (Å²) in [7, 11) is 3.06. The third-order valence-corrected chi connectivity index (χ3v) is 4.59. The third-order valence-electron chi connectivity index (χ3n) is 4.59. The lowest BCUT2D eigenvalue weighted by Gasteiger charge is -2.20. The summed E-state index contributed by atoms with van der Waals surface area (Å²) in [5.74, 6) is -1.17. The molecule has 0 aliphatic carbocycles. The molecule has 0 saturated carbocycles. The van der Waals surface area contributed by atoms with Crippen LogP contribution in [-0.2, 0) is 4.79 Å². The van der Waals surface area contributed by atoms with Crippen LogP contribution in [0.25, 0.3) is 0 Å². The number of carbonyl (C=O) groups excluding carboxylic acids is 1. The number of hydrogen-bond acceptors (Lipinski definition) is 4. The molecule has 0 spiro atoms. The molecule has 0 bridgehead atoms. The van der Waals surface area contributed by atoms with Crippen molar-refractivity contribution in [2.45, 2.75) is 5.92 Å². The maximum atomic E-state index is 12.6. The molecule has 1 amide bonds. The maximum Gasteiger partial charge on any atom is 0.308 e. The van der Waals surface area contributed by atoms with Crippen molar-refractivity contribution in [3.8, 4) is 11.5 Å². The van der Waals surface area contributed by atoms with Gasteiger partial charge in [-0.05, 0) is 18.2 Å². The second-order valence-corrected chi connectivity index (χ2v) is 5.93. The van der Waals surface area contributed by atoms with Gasteiger partial charge >= 0.3 is 5.97 Å². The number of likely N-dealkylation sites (tertiary alicyclic amines) is 1. The summed E-state index contributed by atoms with van der Waals surface area (Å²) in [6, 6.07) is 8.79. The quantitative estimate of drug-likeness (QED) is 0.865. The molecule has 1 aliphatic rings. The van der Waals surface area contributed by atoms with E-state index in [0.29, 0.717) is 23.7 Å². The molecule has 2 unspecified atom stereocenters. The number of carboxylic acids is 1. The first-order valence-electron chi connectivity index (χ1n) is 7.93. The van der Waals surface area contributed by atoms with Gasteiger partial charge in [0.05, 0.1) is 20.1 Å². The van der Waals surface area contributed by atoms with Gasteiger partial charge in [0, 0.05) is 30.8 Å². The largest absolute Gasteiger partial charge is 0.493 e. The zero-order valence-electron chi connectivity index (χ0n) is 14.1. The van der Waals surface area contributed by atoms with Crippen molar-refractivity contribution in [3.05, 3.63) is 47.8 Å². The molecule has 2 heterocycles. The molecule has 1 saturated heterocycles. The number of carboxylic acid groups (broad SMARTS) is 1. The third kappa shape index (κ3) is 3.05. The fourth-order valence-corrected chi connectivity index (χ4v) is 3.37. The van der Waals surface area contributed by atoms with E-state index in [1.165, 1.54) is 14.2 Å². The van der Waals surface area contributed by atoms with Crippen LogP contribution >= 0.6 is 0 Å². The number of nitrogens with zero attached hydrogens (tertiary/aromatic N) is 1. The minimum absolute atomic E-state index is 0.151. The van der Waals surface area contributed by atoms with Crippen LogP contribution in [0.5, 0.6) is 11.5 Å². The SMILES string of the molecule is COc1cccc(C2CN(C(=O)c3ccc[nH]3)CC2C(=O)O)c1OC. The summed E-state index contributed by atoms with van der Waals surface area (Å²) in [5.41, 5.74) is 1.18. The summed E-state index contributed by atoms with van der Waals surface area (Å²) < 4.78 is 10.8. The van der Waals surface area contributed by atoms with Gasteiger partial charge in [0.1, 0.15) is 5.69 Å². The first-order valence-corrected chi connectivity index (χ1v) is 7.93. The van der Waals surface area contributed by atoms with Crippen molar-refractivity contribution in [3.63, 3.8) is 0 Å². The zero-order chi connectivity index (χ0) is 18.0. The number of amides is 1. The van der Waals surface area contributed by atoms with Gasteiger partial charge in [-0.2, -0.15) is 0 Å². The van der Waals surface area contributed by atoms with Gasteiger partial charge in [-0.1, -0.05) is 12.1 Å². The minimum atomic E-state index is -0.934. The highest BCUT2D eigenvalue weighted by atomic mass is 16.5. The van der Waals surface area contributed by atoms with Crippen LogP contribution in [0.3, 0.4) is 0 Å². The predicted octanol–water partition coefficient (Wildman–Crippen LogP) is 1.97. The average Bonchev–Trinajstić information content (AvgIpc) is 3.30. The van der Waals surface area contributed by atoms with Crippen LogP contribution in [0.4, 0.5) is 0 Å². The number of aromatic nitrogens is 1. The van der Waals surface area contributed by atoms with Crippen molar-refractivity contribution in [1.82, 2.24) is 9.88 Å². The summed E-state index contributed by atoms with van der Waals surface area (Å²) in [5, 5.41) is 9.65. The molecule has 2 atom stereocenters. The fraction of sp³-hybridized carbons (Fsp3) is 0.333. The minimum Gasteiger partial charge on any atom is -0.493 e. The molecule has 1 aliphatic heterocycles. The summed E-state index contributed by atoms with van der Waals surface area (Å²) in [4.78, 5) is 28.8. The average molecular weight is 344 g/mol. The molecular formula is C18H20N2O5. The van der Waals surface area contributed by atoms with Crippen molar-refractivity contribution >= 4 is 11.9 Å². The monoisotopic (exact) mass is 344 g/mol. The number of H-pyrrole nitrogens is 1. The van der Waals surface area contributed by atoms with Crippen molar-refractivity contribution in [1.29, 1.82) is 0 Å². The highest BCUT2D eigenvalue weighted by molar-refractivity contribution is 5.93. The molecule has 132 valence electrons. The lowest BCUT2D eigenvalue weighted by atomic mass is 9.88. The smallest absolute Gasteiger partial charge is 0.308 e. The zero-order valence-corrected chi connectivity index (χ0v) is 14.1. The molecule has 3 rings (SSSR count). The van der Waals surface area contributed by atoms with Crippen molar-refractivity contribution in [2.24, 2.45) is 5.92 Å². The molecule has 1 aromatic carbocycles. The van der Waals surface area contributed by atoms with Crippen molar-refractivity contribution in [2.75, 3.05) is 27.3 Å². The number of nitrogens with one attached hydrogen (secondary N) is 1. The maximum absolute atomic E-state index is 12.6. The van der Waals surface area contributed by atoms with Crippen LogP contribution in [0.1, 0.15) is 22.0 Å². The van der Waals surface area contributed by atoms with Crippen LogP contribution in [0.2, 0.25) is 0 Å². The van der Waals surface area contributed by atoms with E-state index in [0.717, 1.165) is 5.56 Å². The molecule has 7 nitrogen and oxygen atoms in total. The number of para-hydroxylation sites is 1. The van der Waals surface area contributed by atoms with E-state index in [1.807, 2.05) is 6.07 Å². The summed E-state index contributed by atoms with van der Waals surface area (Å²) in [6.07, 6.45) is 1.67. The van der Waals surface area contributed by atoms with Crippen LogP contribution in [0, 0.1) is 5.92 Å². The molecule has 1 aromatic heterocycles. The number of rotatable bonds is 5. The van der Waals surface area contributed by atoms with Crippen molar-refractivity contribution < 1.29 is 24.2 Å². The summed E-state index contributed by atoms with van der Waals surface area (Å²) in [6.45, 7) is 0.455. The first-order chi connectivity index (χ1) is 12.1. The van der Waals surface area contributed by atoms with E-state index in [9.17, 15) is 14.7 Å². The Morgan fingerprint density at radius 3 is 2.56 bits per heavy atom. The van der Waals surface area contributed by atoms with E-state index in [2.05, 4.69) is 4.98 Å². The Kier molecular flexibility index (Phi) is 4.65. The second-order valence-electron chi connectivity index (χ2n) is 5.93. The number of methoxy groups -OCH3 is 2. The Labute approximate surface area is 145 Å². The Hall–Kier alpha value is -2.96.